The fourth-order valence-electron chi connectivity index (χ4n) is 2.20. The Morgan fingerprint density at radius 3 is 2.04 bits per heavy atom. The van der Waals surface area contributed by atoms with E-state index in [1.54, 1.807) is 0 Å². The molecule has 3 heteroatoms. The Balaban J connectivity index is 3.18. The Bertz CT molecular complexity index is 285. The number of hydrogen-bond donors (Lipinski definition) is 0. The Kier molecular flexibility index (Phi) is 16.6. The number of ether oxygens (including phenoxy) is 2. The summed E-state index contributed by atoms with van der Waals surface area (Å²) in [5.41, 5.74) is 0. The maximum atomic E-state index is 11.3. The van der Waals surface area contributed by atoms with Gasteiger partial charge >= 0.3 is 6.16 Å². The van der Waals surface area contributed by atoms with Gasteiger partial charge in [-0.3, -0.25) is 0 Å². The second-order valence-corrected chi connectivity index (χ2v) is 6.65. The molecule has 3 nitrogen and oxygen atoms in total. The zero-order valence-electron chi connectivity index (χ0n) is 15.6. The summed E-state index contributed by atoms with van der Waals surface area (Å²) in [5, 5.41) is 0. The maximum Gasteiger partial charge on any atom is 0.508 e. The quantitative estimate of drug-likeness (QED) is 0.192. The second kappa shape index (κ2) is 17.4. The molecule has 0 aliphatic rings. The SMILES string of the molecule is CCCCC=CCCCCCCCCOC(=O)OCCC(C)C. The lowest BCUT2D eigenvalue weighted by Crippen LogP contribution is -2.10. The van der Waals surface area contributed by atoms with Crippen molar-refractivity contribution in [2.75, 3.05) is 13.2 Å². The van der Waals surface area contributed by atoms with Crippen LogP contribution in [0.4, 0.5) is 4.79 Å². The Labute approximate surface area is 143 Å². The molecule has 0 amide bonds. The van der Waals surface area contributed by atoms with Gasteiger partial charge in [0.1, 0.15) is 0 Å². The fraction of sp³-hybridized carbons (Fsp3) is 0.850. The molecule has 0 aromatic carbocycles. The standard InChI is InChI=1S/C20H38O3/c1-4-5-6-7-8-9-10-11-12-13-14-15-17-22-20(21)23-18-16-19(2)3/h7-8,19H,4-6,9-18H2,1-3H3. The largest absolute Gasteiger partial charge is 0.508 e. The van der Waals surface area contributed by atoms with E-state index >= 15 is 0 Å². The minimum absolute atomic E-state index is 0.462. The van der Waals surface area contributed by atoms with Crippen molar-refractivity contribution in [3.8, 4) is 0 Å². The Morgan fingerprint density at radius 2 is 1.39 bits per heavy atom. The summed E-state index contributed by atoms with van der Waals surface area (Å²) in [4.78, 5) is 11.3. The molecule has 0 unspecified atom stereocenters. The molecule has 23 heavy (non-hydrogen) atoms. The van der Waals surface area contributed by atoms with Crippen LogP contribution in [0.25, 0.3) is 0 Å². The molecule has 0 aromatic heterocycles. The van der Waals surface area contributed by atoms with Crippen LogP contribution < -0.4 is 0 Å². The van der Waals surface area contributed by atoms with Gasteiger partial charge in [0.25, 0.3) is 0 Å². The summed E-state index contributed by atoms with van der Waals surface area (Å²) >= 11 is 0. The summed E-state index contributed by atoms with van der Waals surface area (Å²) in [6.07, 6.45) is 17.2. The predicted molar refractivity (Wildman–Crippen MR) is 97.7 cm³/mol. The molecule has 0 aliphatic carbocycles. The van der Waals surface area contributed by atoms with E-state index in [4.69, 9.17) is 9.47 Å². The van der Waals surface area contributed by atoms with Crippen molar-refractivity contribution >= 4 is 6.16 Å². The number of hydrogen-bond acceptors (Lipinski definition) is 3. The molecular weight excluding hydrogens is 288 g/mol. The molecule has 0 aromatic rings. The van der Waals surface area contributed by atoms with Gasteiger partial charge in [0.15, 0.2) is 0 Å². The van der Waals surface area contributed by atoms with Gasteiger partial charge in [-0.25, -0.2) is 4.79 Å². The van der Waals surface area contributed by atoms with Crippen molar-refractivity contribution in [1.29, 1.82) is 0 Å². The van der Waals surface area contributed by atoms with Crippen LogP contribution in [-0.4, -0.2) is 19.4 Å². The second-order valence-electron chi connectivity index (χ2n) is 6.65. The highest BCUT2D eigenvalue weighted by Gasteiger charge is 2.03. The molecule has 0 saturated heterocycles. The predicted octanol–water partition coefficient (Wildman–Crippen LogP) is 6.66. The van der Waals surface area contributed by atoms with E-state index in [0.29, 0.717) is 19.1 Å². The average molecular weight is 327 g/mol. The van der Waals surface area contributed by atoms with Crippen LogP contribution in [0, 0.1) is 5.92 Å². The first-order chi connectivity index (χ1) is 11.2. The van der Waals surface area contributed by atoms with Crippen molar-refractivity contribution in [3.05, 3.63) is 12.2 Å². The van der Waals surface area contributed by atoms with Crippen LogP contribution in [0.2, 0.25) is 0 Å². The fourth-order valence-corrected chi connectivity index (χ4v) is 2.20. The summed E-state index contributed by atoms with van der Waals surface area (Å²) in [7, 11) is 0. The van der Waals surface area contributed by atoms with Gasteiger partial charge in [0, 0.05) is 0 Å². The van der Waals surface area contributed by atoms with E-state index in [1.165, 1.54) is 51.4 Å². The summed E-state index contributed by atoms with van der Waals surface area (Å²) < 4.78 is 10.0. The van der Waals surface area contributed by atoms with E-state index in [0.717, 1.165) is 19.3 Å². The smallest absolute Gasteiger partial charge is 0.434 e. The number of rotatable bonds is 15. The minimum Gasteiger partial charge on any atom is -0.434 e. The highest BCUT2D eigenvalue weighted by Crippen LogP contribution is 2.08. The molecule has 0 radical (unpaired) electrons. The van der Waals surface area contributed by atoms with Crippen LogP contribution in [0.15, 0.2) is 12.2 Å². The highest BCUT2D eigenvalue weighted by atomic mass is 16.7. The number of unbranched alkanes of at least 4 members (excludes halogenated alkanes) is 8. The first kappa shape index (κ1) is 22.0. The van der Waals surface area contributed by atoms with Crippen molar-refractivity contribution in [2.45, 2.75) is 91.4 Å². The Morgan fingerprint density at radius 1 is 0.826 bits per heavy atom. The van der Waals surface area contributed by atoms with Gasteiger partial charge in [-0.2, -0.15) is 0 Å². The van der Waals surface area contributed by atoms with Crippen LogP contribution in [-0.2, 0) is 9.47 Å². The van der Waals surface area contributed by atoms with E-state index < -0.39 is 6.16 Å². The van der Waals surface area contributed by atoms with Gasteiger partial charge in [-0.1, -0.05) is 71.4 Å². The maximum absolute atomic E-state index is 11.3. The number of allylic oxidation sites excluding steroid dienone is 2. The summed E-state index contributed by atoms with van der Waals surface area (Å²) in [6.45, 7) is 7.40. The van der Waals surface area contributed by atoms with Crippen LogP contribution in [0.3, 0.4) is 0 Å². The van der Waals surface area contributed by atoms with E-state index in [2.05, 4.69) is 32.9 Å². The molecule has 0 bridgehead atoms. The van der Waals surface area contributed by atoms with Gasteiger partial charge in [0.05, 0.1) is 13.2 Å². The van der Waals surface area contributed by atoms with Crippen LogP contribution >= 0.6 is 0 Å². The highest BCUT2D eigenvalue weighted by molar-refractivity contribution is 5.59. The molecule has 0 heterocycles. The van der Waals surface area contributed by atoms with E-state index in [-0.39, 0.29) is 0 Å². The van der Waals surface area contributed by atoms with Crippen molar-refractivity contribution in [2.24, 2.45) is 5.92 Å². The first-order valence-corrected chi connectivity index (χ1v) is 9.61. The zero-order chi connectivity index (χ0) is 17.2. The Hall–Kier alpha value is -0.990. The third kappa shape index (κ3) is 19.0. The molecule has 0 rings (SSSR count). The molecular formula is C20H38O3. The molecule has 136 valence electrons. The van der Waals surface area contributed by atoms with E-state index in [1.807, 2.05) is 0 Å². The van der Waals surface area contributed by atoms with Gasteiger partial charge in [-0.05, 0) is 38.0 Å². The van der Waals surface area contributed by atoms with Crippen molar-refractivity contribution in [3.63, 3.8) is 0 Å². The third-order valence-electron chi connectivity index (χ3n) is 3.79. The van der Waals surface area contributed by atoms with Crippen molar-refractivity contribution in [1.82, 2.24) is 0 Å². The third-order valence-corrected chi connectivity index (χ3v) is 3.79. The van der Waals surface area contributed by atoms with Gasteiger partial charge in [0.2, 0.25) is 0 Å². The topological polar surface area (TPSA) is 35.5 Å². The van der Waals surface area contributed by atoms with Crippen molar-refractivity contribution < 1.29 is 14.3 Å². The number of carbonyl (C=O) groups is 1. The van der Waals surface area contributed by atoms with Crippen LogP contribution in [0.5, 0.6) is 0 Å². The van der Waals surface area contributed by atoms with Gasteiger partial charge < -0.3 is 9.47 Å². The summed E-state index contributed by atoms with van der Waals surface area (Å²) in [6, 6.07) is 0. The lowest BCUT2D eigenvalue weighted by Gasteiger charge is -2.07. The zero-order valence-corrected chi connectivity index (χ0v) is 15.6. The normalized spacial score (nSPS) is 11.3. The molecule has 0 spiro atoms. The molecule has 0 N–H and O–H groups in total. The molecule has 0 atom stereocenters. The minimum atomic E-state index is -0.513. The van der Waals surface area contributed by atoms with E-state index in [9.17, 15) is 4.79 Å². The molecule has 0 saturated carbocycles. The summed E-state index contributed by atoms with van der Waals surface area (Å²) in [5.74, 6) is 0.551. The first-order valence-electron chi connectivity index (χ1n) is 9.61. The molecule has 0 fully saturated rings. The monoisotopic (exact) mass is 326 g/mol. The van der Waals surface area contributed by atoms with Crippen LogP contribution in [0.1, 0.15) is 91.4 Å². The number of carbonyl (C=O) groups excluding carboxylic acids is 1. The average Bonchev–Trinajstić information content (AvgIpc) is 2.51. The molecule has 0 aliphatic heterocycles. The lowest BCUT2D eigenvalue weighted by atomic mass is 10.1. The van der Waals surface area contributed by atoms with Gasteiger partial charge in [-0.15, -0.1) is 0 Å². The lowest BCUT2D eigenvalue weighted by molar-refractivity contribution is 0.0512.